The van der Waals surface area contributed by atoms with Crippen LogP contribution in [0.25, 0.3) is 16.0 Å². The monoisotopic (exact) mass is 413 g/mol. The van der Waals surface area contributed by atoms with Gasteiger partial charge in [-0.25, -0.2) is 4.98 Å². The Morgan fingerprint density at radius 3 is 2.96 bits per heavy atom. The van der Waals surface area contributed by atoms with E-state index in [1.54, 1.807) is 11.8 Å². The van der Waals surface area contributed by atoms with Gasteiger partial charge in [0.15, 0.2) is 10.4 Å². The third-order valence-corrected chi connectivity index (χ3v) is 7.19. The van der Waals surface area contributed by atoms with E-state index in [0.717, 1.165) is 52.8 Å². The predicted octanol–water partition coefficient (Wildman–Crippen LogP) is 4.67. The number of hydrogen-bond donors (Lipinski definition) is 1. The molecular weight excluding hydrogens is 394 g/mol. The average molecular weight is 414 g/mol. The van der Waals surface area contributed by atoms with Crippen molar-refractivity contribution in [2.45, 2.75) is 31.5 Å². The second-order valence-electron chi connectivity index (χ2n) is 6.64. The molecule has 5 rings (SSSR count). The van der Waals surface area contributed by atoms with Gasteiger partial charge in [-0.3, -0.25) is 14.4 Å². The normalized spacial score (nSPS) is 14.9. The van der Waals surface area contributed by atoms with Crippen molar-refractivity contribution in [3.05, 3.63) is 51.1 Å². The molecule has 0 spiro atoms. The molecule has 4 aromatic rings. The van der Waals surface area contributed by atoms with Crippen molar-refractivity contribution < 1.29 is 0 Å². The van der Waals surface area contributed by atoms with E-state index >= 15 is 0 Å². The molecule has 0 fully saturated rings. The summed E-state index contributed by atoms with van der Waals surface area (Å²) in [5, 5.41) is 8.38. The minimum Gasteiger partial charge on any atom is -0.294 e. The van der Waals surface area contributed by atoms with E-state index in [9.17, 15) is 0 Å². The van der Waals surface area contributed by atoms with E-state index < -0.39 is 0 Å². The van der Waals surface area contributed by atoms with Crippen LogP contribution >= 0.6 is 35.3 Å². The first kappa shape index (κ1) is 17.4. The lowest BCUT2D eigenvalue weighted by Gasteiger charge is -2.27. The van der Waals surface area contributed by atoms with Crippen LogP contribution in [0.2, 0.25) is 0 Å². The fraction of sp³-hybridized carbons (Fsp3) is 0.316. The molecular formula is C19H19N5S3. The van der Waals surface area contributed by atoms with E-state index in [-0.39, 0.29) is 0 Å². The van der Waals surface area contributed by atoms with E-state index in [1.165, 1.54) is 16.0 Å². The van der Waals surface area contributed by atoms with E-state index in [4.69, 9.17) is 17.2 Å². The van der Waals surface area contributed by atoms with Crippen LogP contribution in [0.3, 0.4) is 0 Å². The maximum Gasteiger partial charge on any atom is 0.200 e. The van der Waals surface area contributed by atoms with Crippen LogP contribution in [-0.4, -0.2) is 36.8 Å². The Bertz CT molecular complexity index is 1170. The number of thiophene rings is 1. The average Bonchev–Trinajstić information content (AvgIpc) is 3.23. The first-order valence-corrected chi connectivity index (χ1v) is 11.3. The van der Waals surface area contributed by atoms with Gasteiger partial charge in [-0.05, 0) is 30.0 Å². The molecule has 1 aliphatic heterocycles. The highest BCUT2D eigenvalue weighted by molar-refractivity contribution is 7.99. The molecule has 1 aliphatic rings. The summed E-state index contributed by atoms with van der Waals surface area (Å²) in [5.74, 6) is 0.962. The van der Waals surface area contributed by atoms with Crippen LogP contribution < -0.4 is 0 Å². The molecule has 1 aromatic carbocycles. The van der Waals surface area contributed by atoms with Crippen LogP contribution in [0.4, 0.5) is 0 Å². The van der Waals surface area contributed by atoms with Crippen LogP contribution in [0, 0.1) is 4.77 Å². The zero-order valence-corrected chi connectivity index (χ0v) is 17.4. The molecule has 3 aromatic heterocycles. The van der Waals surface area contributed by atoms with E-state index in [1.807, 2.05) is 11.3 Å². The van der Waals surface area contributed by atoms with Gasteiger partial charge in [0.25, 0.3) is 0 Å². The van der Waals surface area contributed by atoms with Crippen molar-refractivity contribution in [2.24, 2.45) is 0 Å². The molecule has 0 unspecified atom stereocenters. The number of nitrogens with zero attached hydrogens (tertiary/aromatic N) is 4. The largest absolute Gasteiger partial charge is 0.294 e. The summed E-state index contributed by atoms with van der Waals surface area (Å²) >= 11 is 9.09. The zero-order valence-electron chi connectivity index (χ0n) is 14.9. The SMILES string of the molecule is CCSc1nc2sc3c(c2n2c(=S)[nH]nc12)CN(Cc1ccccc1)CC3. The van der Waals surface area contributed by atoms with Crippen molar-refractivity contribution in [1.29, 1.82) is 0 Å². The number of nitrogens with one attached hydrogen (secondary N) is 1. The number of H-pyrrole nitrogens is 1. The van der Waals surface area contributed by atoms with E-state index in [0.29, 0.717) is 4.77 Å². The van der Waals surface area contributed by atoms with Gasteiger partial charge in [0.1, 0.15) is 9.86 Å². The van der Waals surface area contributed by atoms with Crippen molar-refractivity contribution in [2.75, 3.05) is 12.3 Å². The molecule has 0 amide bonds. The summed E-state index contributed by atoms with van der Waals surface area (Å²) in [5.41, 5.74) is 4.70. The fourth-order valence-corrected chi connectivity index (χ4v) is 5.86. The molecule has 138 valence electrons. The van der Waals surface area contributed by atoms with Crippen LogP contribution in [0.15, 0.2) is 35.4 Å². The van der Waals surface area contributed by atoms with E-state index in [2.05, 4.69) is 56.8 Å². The Hall–Kier alpha value is -1.74. The van der Waals surface area contributed by atoms with Crippen LogP contribution in [0.1, 0.15) is 22.9 Å². The van der Waals surface area contributed by atoms with Gasteiger partial charge in [-0.2, -0.15) is 5.10 Å². The van der Waals surface area contributed by atoms with Gasteiger partial charge in [-0.1, -0.05) is 37.3 Å². The lowest BCUT2D eigenvalue weighted by molar-refractivity contribution is 0.248. The molecule has 1 N–H and O–H groups in total. The number of hydrogen-bond acceptors (Lipinski definition) is 6. The van der Waals surface area contributed by atoms with Crippen molar-refractivity contribution >= 4 is 51.3 Å². The number of rotatable bonds is 4. The molecule has 4 heterocycles. The lowest BCUT2D eigenvalue weighted by Crippen LogP contribution is -2.29. The van der Waals surface area contributed by atoms with Gasteiger partial charge in [0, 0.05) is 30.1 Å². The molecule has 0 aliphatic carbocycles. The maximum atomic E-state index is 5.56. The number of thioether (sulfide) groups is 1. The molecule has 0 bridgehead atoms. The fourth-order valence-electron chi connectivity index (χ4n) is 3.72. The predicted molar refractivity (Wildman–Crippen MR) is 114 cm³/mol. The molecule has 0 radical (unpaired) electrons. The summed E-state index contributed by atoms with van der Waals surface area (Å²) < 4.78 is 2.74. The summed E-state index contributed by atoms with van der Waals surface area (Å²) in [6, 6.07) is 10.7. The minimum atomic E-state index is 0.649. The maximum absolute atomic E-state index is 5.56. The second kappa shape index (κ2) is 7.01. The Kier molecular flexibility index (Phi) is 4.51. The van der Waals surface area contributed by atoms with Gasteiger partial charge >= 0.3 is 0 Å². The number of aromatic amines is 1. The molecule has 0 saturated carbocycles. The highest BCUT2D eigenvalue weighted by atomic mass is 32.2. The van der Waals surface area contributed by atoms with Crippen molar-refractivity contribution in [3.63, 3.8) is 0 Å². The lowest BCUT2D eigenvalue weighted by atomic mass is 10.1. The highest BCUT2D eigenvalue weighted by Gasteiger charge is 2.25. The molecule has 0 saturated heterocycles. The Balaban J connectivity index is 1.62. The van der Waals surface area contributed by atoms with Gasteiger partial charge < -0.3 is 0 Å². The third-order valence-electron chi connectivity index (χ3n) is 4.90. The molecule has 5 nitrogen and oxygen atoms in total. The Labute approximate surface area is 170 Å². The van der Waals surface area contributed by atoms with Crippen molar-refractivity contribution in [1.82, 2.24) is 24.5 Å². The zero-order chi connectivity index (χ0) is 18.4. The first-order valence-electron chi connectivity index (χ1n) is 9.05. The summed E-state index contributed by atoms with van der Waals surface area (Å²) in [7, 11) is 0. The van der Waals surface area contributed by atoms with Crippen molar-refractivity contribution in [3.8, 4) is 0 Å². The Morgan fingerprint density at radius 1 is 1.30 bits per heavy atom. The summed E-state index contributed by atoms with van der Waals surface area (Å²) in [6.07, 6.45) is 1.06. The van der Waals surface area contributed by atoms with Crippen LogP contribution in [-0.2, 0) is 19.5 Å². The topological polar surface area (TPSA) is 49.2 Å². The smallest absolute Gasteiger partial charge is 0.200 e. The summed E-state index contributed by atoms with van der Waals surface area (Å²) in [4.78, 5) is 9.95. The molecule has 8 heteroatoms. The standard InChI is InChI=1S/C19H19N5S3/c1-2-26-18-16-21-22-19(25)24(16)15-13-11-23(10-12-6-4-3-5-7-12)9-8-14(13)27-17(15)20-18/h3-7H,2,8-11H2,1H3,(H,22,25). The van der Waals surface area contributed by atoms with Gasteiger partial charge in [0.05, 0.1) is 5.52 Å². The minimum absolute atomic E-state index is 0.649. The van der Waals surface area contributed by atoms with Crippen LogP contribution in [0.5, 0.6) is 0 Å². The third kappa shape index (κ3) is 3.00. The van der Waals surface area contributed by atoms with Gasteiger partial charge in [0.2, 0.25) is 0 Å². The number of benzene rings is 1. The van der Waals surface area contributed by atoms with Gasteiger partial charge in [-0.15, -0.1) is 23.1 Å². The number of aromatic nitrogens is 4. The molecule has 27 heavy (non-hydrogen) atoms. The summed E-state index contributed by atoms with van der Waals surface area (Å²) in [6.45, 7) is 5.10. The number of fused-ring (bicyclic) bond motifs is 5. The first-order chi connectivity index (χ1) is 13.2. The molecule has 0 atom stereocenters. The second-order valence-corrected chi connectivity index (χ2v) is 9.36. The Morgan fingerprint density at radius 2 is 2.15 bits per heavy atom. The quantitative estimate of drug-likeness (QED) is 0.389. The highest BCUT2D eigenvalue weighted by Crippen LogP contribution is 2.37.